The highest BCUT2D eigenvalue weighted by atomic mass is 16.6. The first-order chi connectivity index (χ1) is 10.6. The van der Waals surface area contributed by atoms with Gasteiger partial charge in [0.25, 0.3) is 5.69 Å². The van der Waals surface area contributed by atoms with Gasteiger partial charge in [-0.05, 0) is 6.07 Å². The minimum Gasteiger partial charge on any atom is -0.353 e. The number of piperazine rings is 1. The van der Waals surface area contributed by atoms with Crippen molar-refractivity contribution in [1.29, 1.82) is 0 Å². The lowest BCUT2D eigenvalue weighted by Crippen LogP contribution is -2.48. The minimum absolute atomic E-state index is 0.0450. The summed E-state index contributed by atoms with van der Waals surface area (Å²) in [5.74, 6) is 0.493. The summed E-state index contributed by atoms with van der Waals surface area (Å²) >= 11 is 0. The van der Waals surface area contributed by atoms with E-state index in [0.29, 0.717) is 30.2 Å². The monoisotopic (exact) mass is 298 g/mol. The molecule has 1 aliphatic rings. The Morgan fingerprint density at radius 3 is 2.64 bits per heavy atom. The predicted molar refractivity (Wildman–Crippen MR) is 81.6 cm³/mol. The van der Waals surface area contributed by atoms with E-state index >= 15 is 0 Å². The molecule has 1 fully saturated rings. The van der Waals surface area contributed by atoms with Crippen LogP contribution in [-0.4, -0.2) is 35.4 Å². The molecule has 2 aromatic rings. The summed E-state index contributed by atoms with van der Waals surface area (Å²) in [6, 6.07) is 12.0. The van der Waals surface area contributed by atoms with Crippen molar-refractivity contribution in [2.45, 2.75) is 0 Å². The molecule has 0 unspecified atom stereocenters. The van der Waals surface area contributed by atoms with E-state index in [0.717, 1.165) is 0 Å². The molecule has 1 saturated heterocycles. The largest absolute Gasteiger partial charge is 0.353 e. The number of benzene rings is 1. The topological polar surface area (TPSA) is 88.4 Å². The van der Waals surface area contributed by atoms with Gasteiger partial charge >= 0.3 is 0 Å². The Hall–Kier alpha value is -2.96. The second kappa shape index (κ2) is 5.80. The summed E-state index contributed by atoms with van der Waals surface area (Å²) in [4.78, 5) is 28.5. The molecule has 1 aromatic carbocycles. The van der Waals surface area contributed by atoms with Crippen molar-refractivity contribution in [2.75, 3.05) is 24.5 Å². The van der Waals surface area contributed by atoms with E-state index in [4.69, 9.17) is 0 Å². The van der Waals surface area contributed by atoms with Gasteiger partial charge in [-0.25, -0.2) is 4.98 Å². The van der Waals surface area contributed by atoms with Crippen LogP contribution in [0.25, 0.3) is 11.3 Å². The summed E-state index contributed by atoms with van der Waals surface area (Å²) < 4.78 is 0. The smallest absolute Gasteiger partial charge is 0.295 e. The zero-order chi connectivity index (χ0) is 15.5. The lowest BCUT2D eigenvalue weighted by atomic mass is 10.1. The van der Waals surface area contributed by atoms with E-state index in [1.54, 1.807) is 18.2 Å². The standard InChI is InChI=1S/C15H14N4O3/c20-14-10-18(9-8-16-14)13-7-6-12(19(21)22)15(17-13)11-4-2-1-3-5-11/h1-7H,8-10H2,(H,16,20). The van der Waals surface area contributed by atoms with Crippen LogP contribution in [0.1, 0.15) is 0 Å². The van der Waals surface area contributed by atoms with Crippen molar-refractivity contribution >= 4 is 17.4 Å². The quantitative estimate of drug-likeness (QED) is 0.686. The molecule has 1 amide bonds. The molecule has 2 heterocycles. The minimum atomic E-state index is -0.442. The molecular formula is C15H14N4O3. The highest BCUT2D eigenvalue weighted by Gasteiger charge is 2.22. The number of nitrogens with zero attached hydrogens (tertiary/aromatic N) is 3. The van der Waals surface area contributed by atoms with Crippen LogP contribution in [0.4, 0.5) is 11.5 Å². The fraction of sp³-hybridized carbons (Fsp3) is 0.200. The van der Waals surface area contributed by atoms with Gasteiger partial charge in [0.1, 0.15) is 5.82 Å². The number of amides is 1. The van der Waals surface area contributed by atoms with E-state index < -0.39 is 4.92 Å². The number of carbonyl (C=O) groups is 1. The Morgan fingerprint density at radius 1 is 1.18 bits per heavy atom. The molecular weight excluding hydrogens is 284 g/mol. The third kappa shape index (κ3) is 2.73. The lowest BCUT2D eigenvalue weighted by molar-refractivity contribution is -0.384. The molecule has 0 spiro atoms. The molecule has 1 aromatic heterocycles. The molecule has 112 valence electrons. The van der Waals surface area contributed by atoms with Gasteiger partial charge in [-0.2, -0.15) is 0 Å². The molecule has 7 heteroatoms. The molecule has 1 aliphatic heterocycles. The highest BCUT2D eigenvalue weighted by Crippen LogP contribution is 2.30. The zero-order valence-electron chi connectivity index (χ0n) is 11.7. The van der Waals surface area contributed by atoms with E-state index in [1.165, 1.54) is 6.07 Å². The van der Waals surface area contributed by atoms with Gasteiger partial charge in [-0.1, -0.05) is 30.3 Å². The summed E-state index contributed by atoms with van der Waals surface area (Å²) in [6.45, 7) is 1.38. The summed E-state index contributed by atoms with van der Waals surface area (Å²) in [6.07, 6.45) is 0. The van der Waals surface area contributed by atoms with Gasteiger partial charge in [0, 0.05) is 24.7 Å². The molecule has 0 bridgehead atoms. The van der Waals surface area contributed by atoms with Crippen LogP contribution in [-0.2, 0) is 4.79 Å². The number of hydrogen-bond acceptors (Lipinski definition) is 5. The van der Waals surface area contributed by atoms with E-state index in [9.17, 15) is 14.9 Å². The first-order valence-electron chi connectivity index (χ1n) is 6.87. The van der Waals surface area contributed by atoms with Crippen molar-refractivity contribution in [3.05, 3.63) is 52.6 Å². The summed E-state index contributed by atoms with van der Waals surface area (Å²) in [7, 11) is 0. The van der Waals surface area contributed by atoms with Crippen molar-refractivity contribution < 1.29 is 9.72 Å². The number of nitro groups is 1. The van der Waals surface area contributed by atoms with Gasteiger partial charge in [-0.15, -0.1) is 0 Å². The predicted octanol–water partition coefficient (Wildman–Crippen LogP) is 1.59. The molecule has 22 heavy (non-hydrogen) atoms. The number of aromatic nitrogens is 1. The first-order valence-corrected chi connectivity index (χ1v) is 6.87. The van der Waals surface area contributed by atoms with E-state index in [-0.39, 0.29) is 18.1 Å². The van der Waals surface area contributed by atoms with Crippen LogP contribution in [0.15, 0.2) is 42.5 Å². The second-order valence-corrected chi connectivity index (χ2v) is 4.93. The number of rotatable bonds is 3. The van der Waals surface area contributed by atoms with Gasteiger partial charge in [0.15, 0.2) is 5.69 Å². The van der Waals surface area contributed by atoms with Crippen LogP contribution in [0.2, 0.25) is 0 Å². The van der Waals surface area contributed by atoms with Crippen LogP contribution < -0.4 is 10.2 Å². The average molecular weight is 298 g/mol. The van der Waals surface area contributed by atoms with Crippen molar-refractivity contribution in [1.82, 2.24) is 10.3 Å². The third-order valence-electron chi connectivity index (χ3n) is 3.47. The molecule has 7 nitrogen and oxygen atoms in total. The maximum atomic E-state index is 11.5. The van der Waals surface area contributed by atoms with Gasteiger partial charge < -0.3 is 10.2 Å². The van der Waals surface area contributed by atoms with Crippen molar-refractivity contribution in [2.24, 2.45) is 0 Å². The summed E-state index contributed by atoms with van der Waals surface area (Å²) in [5, 5.41) is 14.0. The number of nitrogens with one attached hydrogen (secondary N) is 1. The SMILES string of the molecule is O=C1CN(c2ccc([N+](=O)[O-])c(-c3ccccc3)n2)CCN1. The zero-order valence-corrected chi connectivity index (χ0v) is 11.7. The van der Waals surface area contributed by atoms with E-state index in [2.05, 4.69) is 10.3 Å². The summed E-state index contributed by atoms with van der Waals surface area (Å²) in [5.41, 5.74) is 0.947. The highest BCUT2D eigenvalue weighted by molar-refractivity contribution is 5.82. The number of carbonyl (C=O) groups excluding carboxylic acids is 1. The molecule has 0 aliphatic carbocycles. The maximum absolute atomic E-state index is 11.5. The Balaban J connectivity index is 2.04. The van der Waals surface area contributed by atoms with Crippen molar-refractivity contribution in [3.63, 3.8) is 0 Å². The van der Waals surface area contributed by atoms with E-state index in [1.807, 2.05) is 23.1 Å². The Kier molecular flexibility index (Phi) is 3.69. The van der Waals surface area contributed by atoms with Gasteiger partial charge in [0.05, 0.1) is 11.5 Å². The normalized spacial score (nSPS) is 14.5. The number of anilines is 1. The average Bonchev–Trinajstić information content (AvgIpc) is 2.55. The fourth-order valence-electron chi connectivity index (χ4n) is 2.41. The molecule has 0 saturated carbocycles. The first kappa shape index (κ1) is 14.0. The van der Waals surface area contributed by atoms with Gasteiger partial charge in [-0.3, -0.25) is 14.9 Å². The Bertz CT molecular complexity index is 718. The Morgan fingerprint density at radius 2 is 1.95 bits per heavy atom. The van der Waals surface area contributed by atoms with Crippen LogP contribution >= 0.6 is 0 Å². The Labute approximate surface area is 126 Å². The third-order valence-corrected chi connectivity index (χ3v) is 3.47. The second-order valence-electron chi connectivity index (χ2n) is 4.93. The van der Waals surface area contributed by atoms with Crippen molar-refractivity contribution in [3.8, 4) is 11.3 Å². The van der Waals surface area contributed by atoms with Gasteiger partial charge in [0.2, 0.25) is 5.91 Å². The maximum Gasteiger partial charge on any atom is 0.295 e. The van der Waals surface area contributed by atoms with Crippen LogP contribution in [0.3, 0.4) is 0 Å². The number of pyridine rings is 1. The fourth-order valence-corrected chi connectivity index (χ4v) is 2.41. The molecule has 3 rings (SSSR count). The van der Waals surface area contributed by atoms with Crippen LogP contribution in [0, 0.1) is 10.1 Å². The molecule has 0 atom stereocenters. The molecule has 1 N–H and O–H groups in total. The lowest BCUT2D eigenvalue weighted by Gasteiger charge is -2.27. The number of hydrogen-bond donors (Lipinski definition) is 1. The van der Waals surface area contributed by atoms with Crippen LogP contribution in [0.5, 0.6) is 0 Å². The molecule has 0 radical (unpaired) electrons.